The normalized spacial score (nSPS) is 24.9. The average Bonchev–Trinajstić information content (AvgIpc) is 2.79. The molecule has 2 nitrogen and oxygen atoms in total. The minimum absolute atomic E-state index is 0.332. The van der Waals surface area contributed by atoms with E-state index in [0.29, 0.717) is 12.1 Å². The van der Waals surface area contributed by atoms with Crippen molar-refractivity contribution in [2.75, 3.05) is 13.2 Å². The van der Waals surface area contributed by atoms with Crippen LogP contribution in [0.25, 0.3) is 16.2 Å². The van der Waals surface area contributed by atoms with Gasteiger partial charge < -0.3 is 10.1 Å². The Morgan fingerprint density at radius 1 is 1.33 bits per heavy atom. The monoisotopic (exact) mass is 259 g/mol. The average molecular weight is 259 g/mol. The third-order valence-electron chi connectivity index (χ3n) is 3.10. The van der Waals surface area contributed by atoms with Crippen LogP contribution in [0.5, 0.6) is 0 Å². The zero-order chi connectivity index (χ0) is 12.4. The summed E-state index contributed by atoms with van der Waals surface area (Å²) in [6, 6.07) is 11.5. The van der Waals surface area contributed by atoms with Gasteiger partial charge in [0.05, 0.1) is 13.2 Å². The number of nitrogens with one attached hydrogen (secondary N) is 1. The maximum Gasteiger partial charge on any atom is 0.0656 e. The summed E-state index contributed by atoms with van der Waals surface area (Å²) >= 11 is 1.83. The molecule has 2 unspecified atom stereocenters. The molecule has 2 aromatic rings. The van der Waals surface area contributed by atoms with E-state index in [1.54, 1.807) is 0 Å². The lowest BCUT2D eigenvalue weighted by Gasteiger charge is -2.26. The lowest BCUT2D eigenvalue weighted by Crippen LogP contribution is -2.46. The highest BCUT2D eigenvalue weighted by Crippen LogP contribution is 2.26. The summed E-state index contributed by atoms with van der Waals surface area (Å²) in [6.07, 6.45) is 4.41. The summed E-state index contributed by atoms with van der Waals surface area (Å²) in [7, 11) is 0. The van der Waals surface area contributed by atoms with E-state index in [1.165, 1.54) is 15.0 Å². The van der Waals surface area contributed by atoms with E-state index in [9.17, 15) is 0 Å². The summed E-state index contributed by atoms with van der Waals surface area (Å²) in [5, 5.41) is 4.84. The Bertz CT molecular complexity index is 527. The number of morpholine rings is 1. The molecule has 3 rings (SSSR count). The Hall–Kier alpha value is -1.16. The molecule has 0 bridgehead atoms. The summed E-state index contributed by atoms with van der Waals surface area (Å²) < 4.78 is 6.88. The number of fused-ring (bicyclic) bond motifs is 1. The molecule has 1 aromatic carbocycles. The largest absolute Gasteiger partial charge is 0.378 e. The Kier molecular flexibility index (Phi) is 3.46. The highest BCUT2D eigenvalue weighted by molar-refractivity contribution is 7.19. The van der Waals surface area contributed by atoms with Crippen LogP contribution in [0, 0.1) is 0 Å². The number of rotatable bonds is 2. The number of hydrogen-bond donors (Lipinski definition) is 1. The fourth-order valence-electron chi connectivity index (χ4n) is 2.24. The highest BCUT2D eigenvalue weighted by Gasteiger charge is 2.15. The first-order chi connectivity index (χ1) is 8.81. The molecule has 0 saturated carbocycles. The van der Waals surface area contributed by atoms with Crippen molar-refractivity contribution in [1.29, 1.82) is 0 Å². The zero-order valence-electron chi connectivity index (χ0n) is 10.4. The molecule has 2 atom stereocenters. The van der Waals surface area contributed by atoms with E-state index in [1.807, 2.05) is 11.3 Å². The summed E-state index contributed by atoms with van der Waals surface area (Å²) in [6.45, 7) is 3.73. The van der Waals surface area contributed by atoms with Crippen LogP contribution in [-0.2, 0) is 4.74 Å². The van der Waals surface area contributed by atoms with Gasteiger partial charge in [0.2, 0.25) is 0 Å². The zero-order valence-corrected chi connectivity index (χ0v) is 11.2. The molecule has 0 amide bonds. The van der Waals surface area contributed by atoms with Gasteiger partial charge in [0.25, 0.3) is 0 Å². The second-order valence-electron chi connectivity index (χ2n) is 4.76. The van der Waals surface area contributed by atoms with Gasteiger partial charge >= 0.3 is 0 Å². The molecule has 2 heterocycles. The molecule has 3 heteroatoms. The van der Waals surface area contributed by atoms with Gasteiger partial charge in [0, 0.05) is 21.7 Å². The summed E-state index contributed by atoms with van der Waals surface area (Å²) in [4.78, 5) is 1.30. The third kappa shape index (κ3) is 2.64. The van der Waals surface area contributed by atoms with Crippen LogP contribution >= 0.6 is 11.3 Å². The minimum Gasteiger partial charge on any atom is -0.378 e. The van der Waals surface area contributed by atoms with Gasteiger partial charge in [0.1, 0.15) is 0 Å². The molecule has 1 aliphatic heterocycles. The second kappa shape index (κ2) is 5.22. The lowest BCUT2D eigenvalue weighted by atomic mass is 10.2. The standard InChI is InChI=1S/C15H17NOS/c1-11-9-17-10-13(16-11)6-7-14-8-12-4-2-3-5-15(12)18-14/h2-8,11,13,16H,9-10H2,1H3/b7-6+. The van der Waals surface area contributed by atoms with Crippen molar-refractivity contribution in [2.24, 2.45) is 0 Å². The highest BCUT2D eigenvalue weighted by atomic mass is 32.1. The van der Waals surface area contributed by atoms with Gasteiger partial charge in [-0.15, -0.1) is 11.3 Å². The molecule has 1 N–H and O–H groups in total. The minimum atomic E-state index is 0.332. The van der Waals surface area contributed by atoms with E-state index >= 15 is 0 Å². The van der Waals surface area contributed by atoms with Crippen molar-refractivity contribution in [1.82, 2.24) is 5.32 Å². The van der Waals surface area contributed by atoms with Crippen LogP contribution in [0.15, 0.2) is 36.4 Å². The van der Waals surface area contributed by atoms with E-state index in [2.05, 4.69) is 54.7 Å². The van der Waals surface area contributed by atoms with Crippen molar-refractivity contribution in [3.63, 3.8) is 0 Å². The van der Waals surface area contributed by atoms with Gasteiger partial charge in [-0.25, -0.2) is 0 Å². The fraction of sp³-hybridized carbons (Fsp3) is 0.333. The maximum absolute atomic E-state index is 5.53. The summed E-state index contributed by atoms with van der Waals surface area (Å²) in [5.41, 5.74) is 0. The van der Waals surface area contributed by atoms with Crippen LogP contribution in [-0.4, -0.2) is 25.3 Å². The van der Waals surface area contributed by atoms with Gasteiger partial charge in [-0.3, -0.25) is 0 Å². The van der Waals surface area contributed by atoms with Gasteiger partial charge in [0.15, 0.2) is 0 Å². The molecule has 1 saturated heterocycles. The number of ether oxygens (including phenoxy) is 1. The summed E-state index contributed by atoms with van der Waals surface area (Å²) in [5.74, 6) is 0. The third-order valence-corrected chi connectivity index (χ3v) is 4.18. The van der Waals surface area contributed by atoms with Gasteiger partial charge in [-0.2, -0.15) is 0 Å². The number of hydrogen-bond acceptors (Lipinski definition) is 3. The van der Waals surface area contributed by atoms with Crippen LogP contribution in [0.2, 0.25) is 0 Å². The van der Waals surface area contributed by atoms with Crippen molar-refractivity contribution in [3.8, 4) is 0 Å². The first-order valence-electron chi connectivity index (χ1n) is 6.32. The quantitative estimate of drug-likeness (QED) is 0.893. The fourth-order valence-corrected chi connectivity index (χ4v) is 3.22. The smallest absolute Gasteiger partial charge is 0.0656 e. The van der Waals surface area contributed by atoms with E-state index in [4.69, 9.17) is 4.74 Å². The first kappa shape index (κ1) is 11.9. The van der Waals surface area contributed by atoms with Crippen LogP contribution in [0.1, 0.15) is 11.8 Å². The molecular formula is C15H17NOS. The van der Waals surface area contributed by atoms with E-state index < -0.39 is 0 Å². The van der Waals surface area contributed by atoms with Crippen molar-refractivity contribution < 1.29 is 4.74 Å². The molecule has 1 fully saturated rings. The molecule has 94 valence electrons. The number of benzene rings is 1. The molecule has 0 spiro atoms. The molecule has 0 radical (unpaired) electrons. The first-order valence-corrected chi connectivity index (χ1v) is 7.13. The molecule has 0 aliphatic carbocycles. The van der Waals surface area contributed by atoms with E-state index in [0.717, 1.165) is 13.2 Å². The van der Waals surface area contributed by atoms with Crippen LogP contribution in [0.4, 0.5) is 0 Å². The van der Waals surface area contributed by atoms with Crippen LogP contribution in [0.3, 0.4) is 0 Å². The topological polar surface area (TPSA) is 21.3 Å². The van der Waals surface area contributed by atoms with Crippen molar-refractivity contribution in [2.45, 2.75) is 19.0 Å². The predicted octanol–water partition coefficient (Wildman–Crippen LogP) is 3.29. The maximum atomic E-state index is 5.53. The van der Waals surface area contributed by atoms with Crippen LogP contribution < -0.4 is 5.32 Å². The Morgan fingerprint density at radius 3 is 3.06 bits per heavy atom. The molecule has 1 aromatic heterocycles. The number of thiophene rings is 1. The van der Waals surface area contributed by atoms with E-state index in [-0.39, 0.29) is 0 Å². The molecule has 18 heavy (non-hydrogen) atoms. The Labute approximate surface area is 111 Å². The predicted molar refractivity (Wildman–Crippen MR) is 78.1 cm³/mol. The lowest BCUT2D eigenvalue weighted by molar-refractivity contribution is 0.0637. The Balaban J connectivity index is 1.75. The Morgan fingerprint density at radius 2 is 2.22 bits per heavy atom. The molecular weight excluding hydrogens is 242 g/mol. The molecule has 1 aliphatic rings. The SMILES string of the molecule is CC1COCC(/C=C/c2cc3ccccc3s2)N1. The van der Waals surface area contributed by atoms with Gasteiger partial charge in [-0.1, -0.05) is 24.3 Å². The second-order valence-corrected chi connectivity index (χ2v) is 5.87. The van der Waals surface area contributed by atoms with Crippen molar-refractivity contribution >= 4 is 27.5 Å². The van der Waals surface area contributed by atoms with Gasteiger partial charge in [-0.05, 0) is 30.5 Å². The van der Waals surface area contributed by atoms with Crippen molar-refractivity contribution in [3.05, 3.63) is 41.3 Å².